The molecule has 0 aromatic heterocycles. The van der Waals surface area contributed by atoms with Gasteiger partial charge in [0.2, 0.25) is 5.91 Å². The van der Waals surface area contributed by atoms with Crippen molar-refractivity contribution >= 4 is 17.8 Å². The topological polar surface area (TPSA) is 82.1 Å². The SMILES string of the molecule is COC(=O)C1C2OC3C1C(=O)N(C(C)C)C3C2OC(C)=O. The molecule has 2 bridgehead atoms. The number of likely N-dealkylation sites (tertiary alicyclic amines) is 1. The van der Waals surface area contributed by atoms with E-state index in [4.69, 9.17) is 14.2 Å². The number of hydrogen-bond acceptors (Lipinski definition) is 6. The van der Waals surface area contributed by atoms with E-state index in [1.54, 1.807) is 4.90 Å². The van der Waals surface area contributed by atoms with Gasteiger partial charge in [0.15, 0.2) is 6.10 Å². The fourth-order valence-corrected chi connectivity index (χ4v) is 3.99. The number of rotatable bonds is 3. The van der Waals surface area contributed by atoms with Gasteiger partial charge in [-0.1, -0.05) is 0 Å². The van der Waals surface area contributed by atoms with E-state index in [-0.39, 0.29) is 18.0 Å². The molecule has 3 rings (SSSR count). The molecule has 0 spiro atoms. The van der Waals surface area contributed by atoms with E-state index >= 15 is 0 Å². The predicted octanol–water partition coefficient (Wildman–Crippen LogP) is -0.276. The van der Waals surface area contributed by atoms with Crippen molar-refractivity contribution < 1.29 is 28.6 Å². The quantitative estimate of drug-likeness (QED) is 0.667. The smallest absolute Gasteiger partial charge is 0.312 e. The van der Waals surface area contributed by atoms with Crippen LogP contribution in [0, 0.1) is 11.8 Å². The highest BCUT2D eigenvalue weighted by Crippen LogP contribution is 2.53. The summed E-state index contributed by atoms with van der Waals surface area (Å²) in [4.78, 5) is 37.7. The monoisotopic (exact) mass is 297 g/mol. The second-order valence-electron chi connectivity index (χ2n) is 6.04. The zero-order valence-electron chi connectivity index (χ0n) is 12.4. The second-order valence-corrected chi connectivity index (χ2v) is 6.04. The number of fused-ring (bicyclic) bond motifs is 1. The lowest BCUT2D eigenvalue weighted by Crippen LogP contribution is -2.51. The third kappa shape index (κ3) is 1.79. The number of methoxy groups -OCH3 is 1. The minimum atomic E-state index is -0.697. The van der Waals surface area contributed by atoms with E-state index < -0.39 is 42.1 Å². The van der Waals surface area contributed by atoms with Crippen LogP contribution in [0.4, 0.5) is 0 Å². The maximum absolute atomic E-state index is 12.6. The number of amides is 1. The van der Waals surface area contributed by atoms with Gasteiger partial charge in [0.1, 0.15) is 12.0 Å². The van der Waals surface area contributed by atoms with Crippen LogP contribution >= 0.6 is 0 Å². The van der Waals surface area contributed by atoms with Crippen LogP contribution in [-0.2, 0) is 28.6 Å². The number of carbonyl (C=O) groups excluding carboxylic acids is 3. The van der Waals surface area contributed by atoms with E-state index in [1.807, 2.05) is 13.8 Å². The first-order valence-electron chi connectivity index (χ1n) is 7.11. The molecule has 3 aliphatic rings. The van der Waals surface area contributed by atoms with Crippen LogP contribution in [0.15, 0.2) is 0 Å². The average molecular weight is 297 g/mol. The Morgan fingerprint density at radius 3 is 2.48 bits per heavy atom. The zero-order chi connectivity index (χ0) is 15.5. The van der Waals surface area contributed by atoms with Crippen LogP contribution in [0.3, 0.4) is 0 Å². The minimum absolute atomic E-state index is 0.0493. The number of carbonyl (C=O) groups is 3. The van der Waals surface area contributed by atoms with Gasteiger partial charge in [-0.15, -0.1) is 0 Å². The van der Waals surface area contributed by atoms with E-state index in [9.17, 15) is 14.4 Å². The summed E-state index contributed by atoms with van der Waals surface area (Å²) in [6, 6.07) is -0.357. The summed E-state index contributed by atoms with van der Waals surface area (Å²) < 4.78 is 16.0. The second kappa shape index (κ2) is 4.69. The highest BCUT2D eigenvalue weighted by molar-refractivity contribution is 5.91. The van der Waals surface area contributed by atoms with Crippen molar-refractivity contribution in [1.82, 2.24) is 4.90 Å². The molecule has 7 nitrogen and oxygen atoms in total. The molecule has 21 heavy (non-hydrogen) atoms. The first-order chi connectivity index (χ1) is 9.88. The van der Waals surface area contributed by atoms with Crippen molar-refractivity contribution in [2.75, 3.05) is 7.11 Å². The Labute approximate surface area is 122 Å². The van der Waals surface area contributed by atoms with Gasteiger partial charge < -0.3 is 19.1 Å². The third-order valence-electron chi connectivity index (χ3n) is 4.60. The van der Waals surface area contributed by atoms with E-state index in [2.05, 4.69) is 0 Å². The fraction of sp³-hybridized carbons (Fsp3) is 0.786. The molecule has 0 radical (unpaired) electrons. The zero-order valence-corrected chi connectivity index (χ0v) is 12.4. The van der Waals surface area contributed by atoms with Gasteiger partial charge in [0, 0.05) is 13.0 Å². The summed E-state index contributed by atoms with van der Waals surface area (Å²) >= 11 is 0. The molecule has 0 aromatic rings. The van der Waals surface area contributed by atoms with Gasteiger partial charge in [-0.2, -0.15) is 0 Å². The molecular weight excluding hydrogens is 278 g/mol. The Morgan fingerprint density at radius 1 is 1.29 bits per heavy atom. The summed E-state index contributed by atoms with van der Waals surface area (Å²) in [5.74, 6) is -2.27. The maximum Gasteiger partial charge on any atom is 0.312 e. The molecule has 3 saturated heterocycles. The standard InChI is InChI=1S/C14H19NO6/c1-5(2)15-9-10-7(13(15)17)8(14(18)19-4)11(21-10)12(9)20-6(3)16/h5,7-12H,1-4H3. The molecule has 1 amide bonds. The summed E-state index contributed by atoms with van der Waals surface area (Å²) in [5, 5.41) is 0. The molecule has 7 heteroatoms. The molecular formula is C14H19NO6. The van der Waals surface area contributed by atoms with Gasteiger partial charge >= 0.3 is 11.9 Å². The average Bonchev–Trinajstić information content (AvgIpc) is 2.99. The number of nitrogens with zero attached hydrogens (tertiary/aromatic N) is 1. The summed E-state index contributed by atoms with van der Waals surface area (Å²) in [6.07, 6.45) is -1.62. The molecule has 3 aliphatic heterocycles. The lowest BCUT2D eigenvalue weighted by Gasteiger charge is -2.32. The molecule has 3 heterocycles. The minimum Gasteiger partial charge on any atom is -0.469 e. The van der Waals surface area contributed by atoms with Gasteiger partial charge in [0.05, 0.1) is 25.2 Å². The van der Waals surface area contributed by atoms with E-state index in [0.717, 1.165) is 0 Å². The molecule has 0 saturated carbocycles. The third-order valence-corrected chi connectivity index (χ3v) is 4.60. The van der Waals surface area contributed by atoms with Gasteiger partial charge in [-0.25, -0.2) is 0 Å². The molecule has 6 unspecified atom stereocenters. The predicted molar refractivity (Wildman–Crippen MR) is 69.0 cm³/mol. The van der Waals surface area contributed by atoms with Crippen LogP contribution in [0.5, 0.6) is 0 Å². The fourth-order valence-electron chi connectivity index (χ4n) is 3.99. The maximum atomic E-state index is 12.6. The summed E-state index contributed by atoms with van der Waals surface area (Å²) in [6.45, 7) is 5.11. The van der Waals surface area contributed by atoms with Crippen molar-refractivity contribution in [2.24, 2.45) is 11.8 Å². The Bertz CT molecular complexity index is 504. The van der Waals surface area contributed by atoms with Crippen LogP contribution in [0.2, 0.25) is 0 Å². The molecule has 0 aromatic carbocycles. The Balaban J connectivity index is 2.00. The molecule has 0 aliphatic carbocycles. The van der Waals surface area contributed by atoms with E-state index in [0.29, 0.717) is 0 Å². The van der Waals surface area contributed by atoms with E-state index in [1.165, 1.54) is 14.0 Å². The van der Waals surface area contributed by atoms with Crippen molar-refractivity contribution in [3.05, 3.63) is 0 Å². The molecule has 0 N–H and O–H groups in total. The van der Waals surface area contributed by atoms with Gasteiger partial charge in [0.25, 0.3) is 0 Å². The molecule has 3 fully saturated rings. The summed E-state index contributed by atoms with van der Waals surface area (Å²) in [5.41, 5.74) is 0. The van der Waals surface area contributed by atoms with Crippen LogP contribution in [-0.4, -0.2) is 60.3 Å². The molecule has 6 atom stereocenters. The lowest BCUT2D eigenvalue weighted by atomic mass is 9.78. The normalized spacial score (nSPS) is 40.0. The van der Waals surface area contributed by atoms with Crippen LogP contribution in [0.25, 0.3) is 0 Å². The highest BCUT2D eigenvalue weighted by Gasteiger charge is 2.72. The first-order valence-corrected chi connectivity index (χ1v) is 7.11. The number of hydrogen-bond donors (Lipinski definition) is 0. The first kappa shape index (κ1) is 14.3. The Kier molecular flexibility index (Phi) is 3.20. The highest BCUT2D eigenvalue weighted by atomic mass is 16.6. The van der Waals surface area contributed by atoms with Crippen LogP contribution < -0.4 is 0 Å². The van der Waals surface area contributed by atoms with Crippen LogP contribution in [0.1, 0.15) is 20.8 Å². The summed E-state index contributed by atoms with van der Waals surface area (Å²) in [7, 11) is 1.28. The number of ether oxygens (including phenoxy) is 3. The van der Waals surface area contributed by atoms with Crippen molar-refractivity contribution in [3.8, 4) is 0 Å². The lowest BCUT2D eigenvalue weighted by molar-refractivity contribution is -0.159. The Hall–Kier alpha value is -1.63. The van der Waals surface area contributed by atoms with Crippen molar-refractivity contribution in [1.29, 1.82) is 0 Å². The molecule has 116 valence electrons. The van der Waals surface area contributed by atoms with Gasteiger partial charge in [-0.3, -0.25) is 14.4 Å². The number of esters is 2. The largest absolute Gasteiger partial charge is 0.469 e. The van der Waals surface area contributed by atoms with Crippen molar-refractivity contribution in [3.63, 3.8) is 0 Å². The Morgan fingerprint density at radius 2 is 1.95 bits per heavy atom. The van der Waals surface area contributed by atoms with Gasteiger partial charge in [-0.05, 0) is 13.8 Å². The van der Waals surface area contributed by atoms with Crippen molar-refractivity contribution in [2.45, 2.75) is 51.2 Å².